The molecule has 0 atom stereocenters. The molecule has 0 radical (unpaired) electrons. The highest BCUT2D eigenvalue weighted by molar-refractivity contribution is 6.30. The minimum atomic E-state index is -0.353. The van der Waals surface area contributed by atoms with Crippen LogP contribution in [0.5, 0.6) is 0 Å². The van der Waals surface area contributed by atoms with Crippen molar-refractivity contribution in [3.8, 4) is 0 Å². The van der Waals surface area contributed by atoms with E-state index in [1.165, 1.54) is 11.8 Å². The van der Waals surface area contributed by atoms with Crippen molar-refractivity contribution in [3.05, 3.63) is 29.3 Å². The molecule has 0 aliphatic carbocycles. The molecule has 0 aliphatic heterocycles. The molecular formula is C17H24ClN3O4. The van der Waals surface area contributed by atoms with E-state index in [9.17, 15) is 14.4 Å². The number of benzene rings is 1. The Morgan fingerprint density at radius 1 is 1.16 bits per heavy atom. The van der Waals surface area contributed by atoms with Gasteiger partial charge in [0.1, 0.15) is 0 Å². The van der Waals surface area contributed by atoms with E-state index < -0.39 is 0 Å². The molecule has 0 saturated heterocycles. The molecule has 1 aromatic rings. The van der Waals surface area contributed by atoms with E-state index in [1.807, 2.05) is 0 Å². The van der Waals surface area contributed by atoms with Crippen LogP contribution in [0.1, 0.15) is 26.7 Å². The first-order valence-electron chi connectivity index (χ1n) is 8.14. The lowest BCUT2D eigenvalue weighted by atomic mass is 10.3. The van der Waals surface area contributed by atoms with E-state index >= 15 is 0 Å². The fourth-order valence-corrected chi connectivity index (χ4v) is 2.17. The number of nitrogens with zero attached hydrogens (tertiary/aromatic N) is 1. The molecule has 0 unspecified atom stereocenters. The molecular weight excluding hydrogens is 346 g/mol. The average molecular weight is 370 g/mol. The Bertz CT molecular complexity index is 578. The number of anilines is 1. The van der Waals surface area contributed by atoms with Gasteiger partial charge in [0.2, 0.25) is 5.91 Å². The second-order valence-corrected chi connectivity index (χ2v) is 5.75. The number of nitrogens with one attached hydrogen (secondary N) is 2. The predicted octanol–water partition coefficient (Wildman–Crippen LogP) is 2.65. The molecule has 25 heavy (non-hydrogen) atoms. The molecule has 8 heteroatoms. The standard InChI is InChI=1S/C17H24ClN3O4/c1-3-25-16(23)9-12-21(11-4-10-19-13(2)22)17(24)20-15-7-5-14(18)6-8-15/h5-8H,3-4,9-12H2,1-2H3,(H,19,22)(H,20,24). The number of ether oxygens (including phenoxy) is 1. The lowest BCUT2D eigenvalue weighted by molar-refractivity contribution is -0.143. The van der Waals surface area contributed by atoms with Crippen molar-refractivity contribution in [3.63, 3.8) is 0 Å². The van der Waals surface area contributed by atoms with E-state index in [2.05, 4.69) is 10.6 Å². The molecule has 0 heterocycles. The zero-order chi connectivity index (χ0) is 18.7. The fraction of sp³-hybridized carbons (Fsp3) is 0.471. The Morgan fingerprint density at radius 2 is 1.84 bits per heavy atom. The summed E-state index contributed by atoms with van der Waals surface area (Å²) in [6.07, 6.45) is 0.693. The zero-order valence-electron chi connectivity index (χ0n) is 14.5. The van der Waals surface area contributed by atoms with Crippen molar-refractivity contribution in [2.45, 2.75) is 26.7 Å². The highest BCUT2D eigenvalue weighted by atomic mass is 35.5. The highest BCUT2D eigenvalue weighted by Gasteiger charge is 2.15. The van der Waals surface area contributed by atoms with Gasteiger partial charge >= 0.3 is 12.0 Å². The number of halogens is 1. The van der Waals surface area contributed by atoms with Gasteiger partial charge in [-0.25, -0.2) is 4.79 Å². The Kier molecular flexibility index (Phi) is 9.39. The second-order valence-electron chi connectivity index (χ2n) is 5.32. The first-order chi connectivity index (χ1) is 11.9. The largest absolute Gasteiger partial charge is 0.466 e. The molecule has 0 aromatic heterocycles. The Hall–Kier alpha value is -2.28. The van der Waals surface area contributed by atoms with Gasteiger partial charge in [-0.1, -0.05) is 11.6 Å². The number of hydrogen-bond donors (Lipinski definition) is 2. The maximum absolute atomic E-state index is 12.4. The number of carbonyl (C=O) groups is 3. The van der Waals surface area contributed by atoms with Gasteiger partial charge in [-0.15, -0.1) is 0 Å². The van der Waals surface area contributed by atoms with Crippen LogP contribution in [0.25, 0.3) is 0 Å². The van der Waals surface area contributed by atoms with Crippen LogP contribution in [0.2, 0.25) is 5.02 Å². The molecule has 7 nitrogen and oxygen atoms in total. The van der Waals surface area contributed by atoms with Crippen molar-refractivity contribution < 1.29 is 19.1 Å². The topological polar surface area (TPSA) is 87.7 Å². The molecule has 0 fully saturated rings. The molecule has 0 aliphatic rings. The van der Waals surface area contributed by atoms with Crippen LogP contribution in [-0.4, -0.2) is 49.0 Å². The molecule has 0 bridgehead atoms. The number of urea groups is 1. The molecule has 2 N–H and O–H groups in total. The summed E-state index contributed by atoms with van der Waals surface area (Å²) in [7, 11) is 0. The van der Waals surface area contributed by atoms with Crippen LogP contribution < -0.4 is 10.6 Å². The Balaban J connectivity index is 2.60. The van der Waals surface area contributed by atoms with Crippen molar-refractivity contribution in [2.75, 3.05) is 31.6 Å². The number of esters is 1. The van der Waals surface area contributed by atoms with Gasteiger partial charge in [-0.2, -0.15) is 0 Å². The van der Waals surface area contributed by atoms with E-state index in [0.717, 1.165) is 0 Å². The summed E-state index contributed by atoms with van der Waals surface area (Å²) in [5, 5.41) is 6.02. The van der Waals surface area contributed by atoms with Crippen LogP contribution in [0.4, 0.5) is 10.5 Å². The summed E-state index contributed by atoms with van der Waals surface area (Å²) in [4.78, 5) is 36.4. The first kappa shape index (κ1) is 20.8. The van der Waals surface area contributed by atoms with Gasteiger partial charge in [0, 0.05) is 37.3 Å². The van der Waals surface area contributed by atoms with Crippen LogP contribution >= 0.6 is 11.6 Å². The maximum Gasteiger partial charge on any atom is 0.321 e. The van der Waals surface area contributed by atoms with E-state index in [-0.39, 0.29) is 30.9 Å². The predicted molar refractivity (Wildman–Crippen MR) is 96.6 cm³/mol. The van der Waals surface area contributed by atoms with Crippen molar-refractivity contribution in [2.24, 2.45) is 0 Å². The van der Waals surface area contributed by atoms with Crippen LogP contribution in [0.15, 0.2) is 24.3 Å². The Morgan fingerprint density at radius 3 is 2.44 bits per heavy atom. The number of amides is 3. The summed E-state index contributed by atoms with van der Waals surface area (Å²) in [6, 6.07) is 6.42. The third kappa shape index (κ3) is 8.95. The van der Waals surface area contributed by atoms with Crippen LogP contribution in [-0.2, 0) is 14.3 Å². The number of hydrogen-bond acceptors (Lipinski definition) is 4. The summed E-state index contributed by atoms with van der Waals surface area (Å²) < 4.78 is 4.89. The van der Waals surface area contributed by atoms with E-state index in [1.54, 1.807) is 31.2 Å². The van der Waals surface area contributed by atoms with Gasteiger partial charge in [0.05, 0.1) is 13.0 Å². The monoisotopic (exact) mass is 369 g/mol. The lowest BCUT2D eigenvalue weighted by Gasteiger charge is -2.23. The molecule has 138 valence electrons. The lowest BCUT2D eigenvalue weighted by Crippen LogP contribution is -2.38. The minimum absolute atomic E-state index is 0.113. The highest BCUT2D eigenvalue weighted by Crippen LogP contribution is 2.14. The first-order valence-corrected chi connectivity index (χ1v) is 8.51. The van der Waals surface area contributed by atoms with Crippen molar-refractivity contribution >= 4 is 35.2 Å². The van der Waals surface area contributed by atoms with Crippen molar-refractivity contribution in [1.82, 2.24) is 10.2 Å². The van der Waals surface area contributed by atoms with E-state index in [4.69, 9.17) is 16.3 Å². The molecule has 3 amide bonds. The van der Waals surface area contributed by atoms with Gasteiger partial charge in [0.25, 0.3) is 0 Å². The third-order valence-corrected chi connectivity index (χ3v) is 3.50. The fourth-order valence-electron chi connectivity index (χ4n) is 2.04. The van der Waals surface area contributed by atoms with Crippen LogP contribution in [0.3, 0.4) is 0 Å². The average Bonchev–Trinajstić information content (AvgIpc) is 2.56. The van der Waals surface area contributed by atoms with Gasteiger partial charge < -0.3 is 20.3 Å². The summed E-state index contributed by atoms with van der Waals surface area (Å²) in [6.45, 7) is 4.57. The third-order valence-electron chi connectivity index (χ3n) is 3.25. The maximum atomic E-state index is 12.4. The summed E-state index contributed by atoms with van der Waals surface area (Å²) >= 11 is 5.83. The summed E-state index contributed by atoms with van der Waals surface area (Å²) in [5.74, 6) is -0.475. The minimum Gasteiger partial charge on any atom is -0.466 e. The molecule has 0 spiro atoms. The van der Waals surface area contributed by atoms with Gasteiger partial charge in [-0.3, -0.25) is 9.59 Å². The number of rotatable bonds is 9. The SMILES string of the molecule is CCOC(=O)CCN(CCCNC(C)=O)C(=O)Nc1ccc(Cl)cc1. The van der Waals surface area contributed by atoms with Crippen molar-refractivity contribution in [1.29, 1.82) is 0 Å². The number of carbonyl (C=O) groups excluding carboxylic acids is 3. The zero-order valence-corrected chi connectivity index (χ0v) is 15.3. The molecule has 1 aromatic carbocycles. The van der Waals surface area contributed by atoms with Crippen LogP contribution in [0, 0.1) is 0 Å². The molecule has 0 saturated carbocycles. The van der Waals surface area contributed by atoms with E-state index in [0.29, 0.717) is 36.8 Å². The van der Waals surface area contributed by atoms with Gasteiger partial charge in [-0.05, 0) is 37.6 Å². The smallest absolute Gasteiger partial charge is 0.321 e. The summed E-state index contributed by atoms with van der Waals surface area (Å²) in [5.41, 5.74) is 0.609. The normalized spacial score (nSPS) is 10.0. The second kappa shape index (κ2) is 11.3. The Labute approximate surface area is 152 Å². The quantitative estimate of drug-likeness (QED) is 0.517. The molecule has 1 rings (SSSR count). The van der Waals surface area contributed by atoms with Gasteiger partial charge in [0.15, 0.2) is 0 Å².